The van der Waals surface area contributed by atoms with Gasteiger partial charge in [0.2, 0.25) is 0 Å². The van der Waals surface area contributed by atoms with Crippen LogP contribution in [0.2, 0.25) is 0 Å². The second-order valence-electron chi connectivity index (χ2n) is 4.85. The maximum Gasteiger partial charge on any atom is 0.0622 e. The molecule has 88 valence electrons. The Bertz CT molecular complexity index is 192. The molecule has 0 aromatic carbocycles. The van der Waals surface area contributed by atoms with E-state index in [-0.39, 0.29) is 0 Å². The van der Waals surface area contributed by atoms with E-state index in [1.807, 2.05) is 0 Å². The number of rotatable bonds is 4. The van der Waals surface area contributed by atoms with Crippen LogP contribution in [0, 0.1) is 0 Å². The minimum absolute atomic E-state index is 0.661. The van der Waals surface area contributed by atoms with E-state index in [2.05, 4.69) is 24.2 Å². The first-order valence-electron chi connectivity index (χ1n) is 6.36. The van der Waals surface area contributed by atoms with Crippen molar-refractivity contribution in [1.82, 2.24) is 10.2 Å². The number of nitrogens with zero attached hydrogens (tertiary/aromatic N) is 1. The van der Waals surface area contributed by atoms with E-state index in [1.165, 1.54) is 25.7 Å². The second-order valence-corrected chi connectivity index (χ2v) is 4.85. The Morgan fingerprint density at radius 2 is 2.20 bits per heavy atom. The fourth-order valence-electron chi connectivity index (χ4n) is 3.04. The lowest BCUT2D eigenvalue weighted by Crippen LogP contribution is -2.49. The highest BCUT2D eigenvalue weighted by Gasteiger charge is 2.34. The van der Waals surface area contributed by atoms with Gasteiger partial charge in [0.1, 0.15) is 0 Å². The van der Waals surface area contributed by atoms with Gasteiger partial charge in [-0.2, -0.15) is 0 Å². The summed E-state index contributed by atoms with van der Waals surface area (Å²) in [5, 5.41) is 3.62. The van der Waals surface area contributed by atoms with Crippen molar-refractivity contribution in [3.63, 3.8) is 0 Å². The molecular formula is C12H24N2O. The summed E-state index contributed by atoms with van der Waals surface area (Å²) in [6.07, 6.45) is 5.28. The average molecular weight is 212 g/mol. The molecule has 0 spiro atoms. The molecule has 1 saturated carbocycles. The van der Waals surface area contributed by atoms with Crippen LogP contribution in [0.3, 0.4) is 0 Å². The van der Waals surface area contributed by atoms with Gasteiger partial charge >= 0.3 is 0 Å². The van der Waals surface area contributed by atoms with Crippen molar-refractivity contribution < 1.29 is 4.74 Å². The standard InChI is InChI=1S/C12H24N2O/c1-3-13-11-5-4-6-12(11)14(2)10-7-8-15-9-10/h10-13H,3-9H2,1-2H3. The third kappa shape index (κ3) is 2.52. The van der Waals surface area contributed by atoms with Gasteiger partial charge in [-0.25, -0.2) is 0 Å². The molecule has 1 heterocycles. The Kier molecular flexibility index (Phi) is 4.00. The van der Waals surface area contributed by atoms with E-state index in [9.17, 15) is 0 Å². The summed E-state index contributed by atoms with van der Waals surface area (Å²) in [5.41, 5.74) is 0. The Morgan fingerprint density at radius 1 is 1.33 bits per heavy atom. The van der Waals surface area contributed by atoms with Crippen LogP contribution in [0.4, 0.5) is 0 Å². The average Bonchev–Trinajstić information content (AvgIpc) is 2.87. The van der Waals surface area contributed by atoms with Gasteiger partial charge in [-0.15, -0.1) is 0 Å². The van der Waals surface area contributed by atoms with E-state index in [0.717, 1.165) is 25.8 Å². The van der Waals surface area contributed by atoms with Crippen molar-refractivity contribution in [2.24, 2.45) is 0 Å². The van der Waals surface area contributed by atoms with Gasteiger partial charge in [0.15, 0.2) is 0 Å². The summed E-state index contributed by atoms with van der Waals surface area (Å²) in [4.78, 5) is 2.56. The molecule has 1 aliphatic heterocycles. The number of hydrogen-bond donors (Lipinski definition) is 1. The summed E-state index contributed by atoms with van der Waals surface area (Å²) in [5.74, 6) is 0. The summed E-state index contributed by atoms with van der Waals surface area (Å²) >= 11 is 0. The summed E-state index contributed by atoms with van der Waals surface area (Å²) < 4.78 is 5.47. The molecule has 2 fully saturated rings. The molecule has 0 aromatic heterocycles. The normalized spacial score (nSPS) is 36.6. The summed E-state index contributed by atoms with van der Waals surface area (Å²) in [7, 11) is 2.28. The van der Waals surface area contributed by atoms with E-state index in [4.69, 9.17) is 4.74 Å². The zero-order valence-electron chi connectivity index (χ0n) is 10.0. The van der Waals surface area contributed by atoms with E-state index >= 15 is 0 Å². The summed E-state index contributed by atoms with van der Waals surface area (Å²) in [6, 6.07) is 2.10. The molecular weight excluding hydrogens is 188 g/mol. The maximum atomic E-state index is 5.47. The minimum atomic E-state index is 0.661. The van der Waals surface area contributed by atoms with Crippen LogP contribution in [0.25, 0.3) is 0 Å². The Hall–Kier alpha value is -0.120. The molecule has 3 heteroatoms. The monoisotopic (exact) mass is 212 g/mol. The molecule has 0 amide bonds. The van der Waals surface area contributed by atoms with Gasteiger partial charge in [-0.1, -0.05) is 13.3 Å². The van der Waals surface area contributed by atoms with Crippen molar-refractivity contribution in [2.75, 3.05) is 26.8 Å². The van der Waals surface area contributed by atoms with Gasteiger partial charge < -0.3 is 10.1 Å². The third-order valence-electron chi connectivity index (χ3n) is 3.95. The lowest BCUT2D eigenvalue weighted by atomic mass is 10.1. The van der Waals surface area contributed by atoms with Crippen LogP contribution in [0.5, 0.6) is 0 Å². The molecule has 1 saturated heterocycles. The molecule has 1 aliphatic carbocycles. The van der Waals surface area contributed by atoms with Gasteiger partial charge in [0, 0.05) is 24.7 Å². The Morgan fingerprint density at radius 3 is 2.87 bits per heavy atom. The first-order chi connectivity index (χ1) is 7.33. The third-order valence-corrected chi connectivity index (χ3v) is 3.95. The lowest BCUT2D eigenvalue weighted by molar-refractivity contribution is 0.122. The van der Waals surface area contributed by atoms with Crippen LogP contribution < -0.4 is 5.32 Å². The molecule has 2 aliphatic rings. The first kappa shape index (κ1) is 11.4. The quantitative estimate of drug-likeness (QED) is 0.759. The van der Waals surface area contributed by atoms with Crippen LogP contribution in [0.15, 0.2) is 0 Å². The van der Waals surface area contributed by atoms with Crippen molar-refractivity contribution in [1.29, 1.82) is 0 Å². The van der Waals surface area contributed by atoms with Crippen molar-refractivity contribution >= 4 is 0 Å². The van der Waals surface area contributed by atoms with Gasteiger partial charge in [-0.3, -0.25) is 4.90 Å². The van der Waals surface area contributed by atoms with Crippen LogP contribution >= 0.6 is 0 Å². The maximum absolute atomic E-state index is 5.47. The van der Waals surface area contributed by atoms with Crippen LogP contribution in [-0.4, -0.2) is 49.8 Å². The van der Waals surface area contributed by atoms with Crippen molar-refractivity contribution in [3.05, 3.63) is 0 Å². The lowest BCUT2D eigenvalue weighted by Gasteiger charge is -2.33. The van der Waals surface area contributed by atoms with Gasteiger partial charge in [0.25, 0.3) is 0 Å². The highest BCUT2D eigenvalue weighted by molar-refractivity contribution is 4.92. The molecule has 0 aromatic rings. The summed E-state index contributed by atoms with van der Waals surface area (Å²) in [6.45, 7) is 5.18. The number of hydrogen-bond acceptors (Lipinski definition) is 3. The Labute approximate surface area is 93.2 Å². The second kappa shape index (κ2) is 5.28. The molecule has 3 nitrogen and oxygen atoms in total. The van der Waals surface area contributed by atoms with Gasteiger partial charge in [0.05, 0.1) is 6.61 Å². The molecule has 3 atom stereocenters. The smallest absolute Gasteiger partial charge is 0.0622 e. The highest BCUT2D eigenvalue weighted by atomic mass is 16.5. The SMILES string of the molecule is CCNC1CCCC1N(C)C1CCOC1. The van der Waals surface area contributed by atoms with Crippen molar-refractivity contribution in [3.8, 4) is 0 Å². The van der Waals surface area contributed by atoms with Crippen LogP contribution in [-0.2, 0) is 4.74 Å². The topological polar surface area (TPSA) is 24.5 Å². The fraction of sp³-hybridized carbons (Fsp3) is 1.00. The predicted molar refractivity (Wildman–Crippen MR) is 62.1 cm³/mol. The molecule has 2 rings (SSSR count). The first-order valence-corrected chi connectivity index (χ1v) is 6.36. The molecule has 3 unspecified atom stereocenters. The molecule has 0 bridgehead atoms. The van der Waals surface area contributed by atoms with E-state index < -0.39 is 0 Å². The van der Waals surface area contributed by atoms with Crippen LogP contribution in [0.1, 0.15) is 32.6 Å². The predicted octanol–water partition coefficient (Wildman–Crippen LogP) is 1.24. The highest BCUT2D eigenvalue weighted by Crippen LogP contribution is 2.26. The molecule has 15 heavy (non-hydrogen) atoms. The Balaban J connectivity index is 1.89. The fourth-order valence-corrected chi connectivity index (χ4v) is 3.04. The zero-order chi connectivity index (χ0) is 10.7. The molecule has 1 N–H and O–H groups in total. The van der Waals surface area contributed by atoms with Crippen molar-refractivity contribution in [2.45, 2.75) is 50.7 Å². The largest absolute Gasteiger partial charge is 0.380 e. The number of ether oxygens (including phenoxy) is 1. The van der Waals surface area contributed by atoms with E-state index in [1.54, 1.807) is 0 Å². The number of likely N-dealkylation sites (N-methyl/N-ethyl adjacent to an activating group) is 2. The minimum Gasteiger partial charge on any atom is -0.380 e. The molecule has 0 radical (unpaired) electrons. The van der Waals surface area contributed by atoms with Gasteiger partial charge in [-0.05, 0) is 32.9 Å². The number of nitrogens with one attached hydrogen (secondary N) is 1. The van der Waals surface area contributed by atoms with E-state index in [0.29, 0.717) is 12.1 Å². The zero-order valence-corrected chi connectivity index (χ0v) is 10.0.